The van der Waals surface area contributed by atoms with Crippen molar-refractivity contribution in [3.8, 4) is 0 Å². The molecule has 0 atom stereocenters. The number of benzene rings is 1. The third-order valence-corrected chi connectivity index (χ3v) is 5.02. The highest BCUT2D eigenvalue weighted by Gasteiger charge is 2.19. The van der Waals surface area contributed by atoms with E-state index in [0.29, 0.717) is 12.0 Å². The van der Waals surface area contributed by atoms with Gasteiger partial charge in [0.2, 0.25) is 0 Å². The summed E-state index contributed by atoms with van der Waals surface area (Å²) >= 11 is 0. The van der Waals surface area contributed by atoms with Gasteiger partial charge in [0.15, 0.2) is 15.6 Å². The lowest BCUT2D eigenvalue weighted by molar-refractivity contribution is 0.102. The molecule has 2 rings (SSSR count). The van der Waals surface area contributed by atoms with E-state index in [0.717, 1.165) is 19.3 Å². The molecule has 0 aliphatic heterocycles. The number of hydrogen-bond acceptors (Lipinski definition) is 3. The molecule has 4 heteroatoms. The van der Waals surface area contributed by atoms with Crippen LogP contribution in [0, 0.1) is 0 Å². The summed E-state index contributed by atoms with van der Waals surface area (Å²) in [5, 5.41) is 0. The minimum atomic E-state index is -3.24. The van der Waals surface area contributed by atoms with Gasteiger partial charge >= 0.3 is 0 Å². The monoisotopic (exact) mass is 266 g/mol. The number of aryl methyl sites for hydroxylation is 2. The number of ketones is 1. The fraction of sp³-hybridized carbons (Fsp3) is 0.500. The maximum Gasteiger partial charge on any atom is 0.177 e. The second kappa shape index (κ2) is 5.22. The van der Waals surface area contributed by atoms with Crippen molar-refractivity contribution in [3.63, 3.8) is 0 Å². The summed E-state index contributed by atoms with van der Waals surface area (Å²) in [7, 11) is -3.24. The minimum absolute atomic E-state index is 0.0870. The van der Waals surface area contributed by atoms with Crippen LogP contribution in [0.3, 0.4) is 0 Å². The van der Waals surface area contributed by atoms with E-state index in [1.807, 2.05) is 12.1 Å². The van der Waals surface area contributed by atoms with E-state index in [4.69, 9.17) is 0 Å². The van der Waals surface area contributed by atoms with Crippen LogP contribution >= 0.6 is 0 Å². The molecule has 0 amide bonds. The smallest absolute Gasteiger partial charge is 0.177 e. The van der Waals surface area contributed by atoms with E-state index in [2.05, 4.69) is 0 Å². The van der Waals surface area contributed by atoms with Gasteiger partial charge in [0, 0.05) is 5.56 Å². The van der Waals surface area contributed by atoms with Gasteiger partial charge in [-0.3, -0.25) is 4.79 Å². The van der Waals surface area contributed by atoms with Gasteiger partial charge in [-0.05, 0) is 42.9 Å². The molecule has 3 nitrogen and oxygen atoms in total. The van der Waals surface area contributed by atoms with E-state index >= 15 is 0 Å². The Morgan fingerprint density at radius 3 is 2.67 bits per heavy atom. The zero-order valence-corrected chi connectivity index (χ0v) is 11.4. The van der Waals surface area contributed by atoms with Crippen molar-refractivity contribution in [1.82, 2.24) is 0 Å². The number of sulfone groups is 1. The largest absolute Gasteiger partial charge is 0.293 e. The summed E-state index contributed by atoms with van der Waals surface area (Å²) in [6.07, 6.45) is 3.75. The van der Waals surface area contributed by atoms with Crippen molar-refractivity contribution in [1.29, 1.82) is 0 Å². The highest BCUT2D eigenvalue weighted by molar-refractivity contribution is 7.92. The Balaban J connectivity index is 2.15. The molecule has 1 aromatic carbocycles. The molecule has 0 heterocycles. The summed E-state index contributed by atoms with van der Waals surface area (Å²) in [5.41, 5.74) is 3.03. The fourth-order valence-electron chi connectivity index (χ4n) is 2.41. The summed E-state index contributed by atoms with van der Waals surface area (Å²) in [6, 6.07) is 5.59. The molecular weight excluding hydrogens is 248 g/mol. The molecule has 0 saturated heterocycles. The molecule has 1 aromatic rings. The van der Waals surface area contributed by atoms with E-state index in [9.17, 15) is 13.2 Å². The quantitative estimate of drug-likeness (QED) is 0.768. The average Bonchev–Trinajstić information content (AvgIpc) is 2.74. The summed E-state index contributed by atoms with van der Waals surface area (Å²) < 4.78 is 23.3. The molecule has 0 radical (unpaired) electrons. The summed E-state index contributed by atoms with van der Waals surface area (Å²) in [6.45, 7) is 1.80. The molecule has 98 valence electrons. The topological polar surface area (TPSA) is 51.2 Å². The van der Waals surface area contributed by atoms with E-state index in [-0.39, 0.29) is 17.3 Å². The predicted octanol–water partition coefficient (Wildman–Crippen LogP) is 2.18. The second-order valence-electron chi connectivity index (χ2n) is 4.85. The molecule has 0 unspecified atom stereocenters. The van der Waals surface area contributed by atoms with Crippen LogP contribution in [0.2, 0.25) is 0 Å². The standard InChI is InChI=1S/C14H18O3S/c1-2-8-18(16,17)10-14(15)13-7-6-11-4-3-5-12(11)9-13/h6-7,9H,2-5,8,10H2,1H3. The molecule has 0 aromatic heterocycles. The maximum atomic E-state index is 12.0. The lowest BCUT2D eigenvalue weighted by atomic mass is 10.0. The SMILES string of the molecule is CCCS(=O)(=O)CC(=O)c1ccc2c(c1)CCC2. The Morgan fingerprint density at radius 2 is 1.94 bits per heavy atom. The van der Waals surface area contributed by atoms with Gasteiger partial charge < -0.3 is 0 Å². The zero-order valence-electron chi connectivity index (χ0n) is 10.6. The van der Waals surface area contributed by atoms with Gasteiger partial charge in [-0.1, -0.05) is 19.1 Å². The highest BCUT2D eigenvalue weighted by atomic mass is 32.2. The molecule has 0 bridgehead atoms. The Morgan fingerprint density at radius 1 is 1.22 bits per heavy atom. The van der Waals surface area contributed by atoms with Crippen LogP contribution in [0.1, 0.15) is 41.3 Å². The first kappa shape index (κ1) is 13.3. The second-order valence-corrected chi connectivity index (χ2v) is 7.04. The Bertz CT molecular complexity index is 558. The van der Waals surface area contributed by atoms with Crippen molar-refractivity contribution in [2.24, 2.45) is 0 Å². The highest BCUT2D eigenvalue weighted by Crippen LogP contribution is 2.23. The van der Waals surface area contributed by atoms with Crippen LogP contribution in [-0.4, -0.2) is 25.7 Å². The first-order valence-electron chi connectivity index (χ1n) is 6.37. The normalized spacial score (nSPS) is 14.5. The van der Waals surface area contributed by atoms with E-state index < -0.39 is 9.84 Å². The van der Waals surface area contributed by atoms with Crippen LogP contribution in [0.4, 0.5) is 0 Å². The molecular formula is C14H18O3S. The number of carbonyl (C=O) groups is 1. The van der Waals surface area contributed by atoms with Crippen LogP contribution in [-0.2, 0) is 22.7 Å². The Labute approximate surface area is 108 Å². The predicted molar refractivity (Wildman–Crippen MR) is 71.7 cm³/mol. The third-order valence-electron chi connectivity index (χ3n) is 3.29. The van der Waals surface area contributed by atoms with Gasteiger partial charge in [-0.25, -0.2) is 8.42 Å². The van der Waals surface area contributed by atoms with Crippen molar-refractivity contribution in [3.05, 3.63) is 34.9 Å². The van der Waals surface area contributed by atoms with Crippen LogP contribution in [0.15, 0.2) is 18.2 Å². The van der Waals surface area contributed by atoms with Crippen molar-refractivity contribution in [2.75, 3.05) is 11.5 Å². The van der Waals surface area contributed by atoms with E-state index in [1.165, 1.54) is 11.1 Å². The van der Waals surface area contributed by atoms with Gasteiger partial charge in [0.25, 0.3) is 0 Å². The number of carbonyl (C=O) groups excluding carboxylic acids is 1. The van der Waals surface area contributed by atoms with E-state index in [1.54, 1.807) is 13.0 Å². The van der Waals surface area contributed by atoms with Gasteiger partial charge in [0.05, 0.1) is 5.75 Å². The lowest BCUT2D eigenvalue weighted by Crippen LogP contribution is -2.18. The molecule has 1 aliphatic carbocycles. The number of rotatable bonds is 5. The fourth-order valence-corrected chi connectivity index (χ4v) is 3.74. The van der Waals surface area contributed by atoms with Crippen LogP contribution in [0.25, 0.3) is 0 Å². The number of fused-ring (bicyclic) bond motifs is 1. The van der Waals surface area contributed by atoms with Crippen molar-refractivity contribution < 1.29 is 13.2 Å². The minimum Gasteiger partial charge on any atom is -0.293 e. The number of hydrogen-bond donors (Lipinski definition) is 0. The van der Waals surface area contributed by atoms with Crippen LogP contribution in [0.5, 0.6) is 0 Å². The molecule has 0 spiro atoms. The van der Waals surface area contributed by atoms with Gasteiger partial charge in [-0.15, -0.1) is 0 Å². The third kappa shape index (κ3) is 2.99. The summed E-state index contributed by atoms with van der Waals surface area (Å²) in [5.74, 6) is -0.554. The summed E-state index contributed by atoms with van der Waals surface area (Å²) in [4.78, 5) is 12.0. The molecule has 0 fully saturated rings. The maximum absolute atomic E-state index is 12.0. The van der Waals surface area contributed by atoms with Crippen molar-refractivity contribution in [2.45, 2.75) is 32.6 Å². The molecule has 1 aliphatic rings. The molecule has 0 N–H and O–H groups in total. The molecule has 0 saturated carbocycles. The molecule has 18 heavy (non-hydrogen) atoms. The van der Waals surface area contributed by atoms with Gasteiger partial charge in [-0.2, -0.15) is 0 Å². The first-order chi connectivity index (χ1) is 8.52. The first-order valence-corrected chi connectivity index (χ1v) is 8.19. The Kier molecular flexibility index (Phi) is 3.85. The van der Waals surface area contributed by atoms with Crippen molar-refractivity contribution >= 4 is 15.6 Å². The average molecular weight is 266 g/mol. The van der Waals surface area contributed by atoms with Gasteiger partial charge in [0.1, 0.15) is 5.75 Å². The number of Topliss-reactive ketones (excluding diaryl/α,β-unsaturated/α-hetero) is 1. The Hall–Kier alpha value is -1.16. The zero-order chi connectivity index (χ0) is 13.2. The van der Waals surface area contributed by atoms with Crippen LogP contribution < -0.4 is 0 Å². The lowest BCUT2D eigenvalue weighted by Gasteiger charge is -2.05.